The molecule has 0 spiro atoms. The third-order valence-electron chi connectivity index (χ3n) is 4.98. The van der Waals surface area contributed by atoms with Gasteiger partial charge < -0.3 is 4.74 Å². The zero-order valence-corrected chi connectivity index (χ0v) is 18.0. The molecule has 4 aromatic carbocycles. The molecule has 4 aromatic rings. The van der Waals surface area contributed by atoms with Crippen molar-refractivity contribution in [2.45, 2.75) is 6.92 Å². The summed E-state index contributed by atoms with van der Waals surface area (Å²) in [6, 6.07) is 25.1. The van der Waals surface area contributed by atoms with Crippen LogP contribution in [0.15, 0.2) is 90.0 Å². The lowest BCUT2D eigenvalue weighted by Gasteiger charge is -2.11. The van der Waals surface area contributed by atoms with Gasteiger partial charge in [0.05, 0.1) is 16.8 Å². The van der Waals surface area contributed by atoms with Crippen LogP contribution in [0.3, 0.4) is 0 Å². The number of hydrogen-bond acceptors (Lipinski definition) is 4. The Morgan fingerprint density at radius 1 is 0.875 bits per heavy atom. The maximum Gasteiger partial charge on any atom is 0.345 e. The molecule has 0 radical (unpaired) electrons. The second-order valence-electron chi connectivity index (χ2n) is 7.08. The maximum atomic E-state index is 12.7. The van der Waals surface area contributed by atoms with E-state index in [1.807, 2.05) is 49.4 Å². The summed E-state index contributed by atoms with van der Waals surface area (Å²) in [4.78, 5) is 25.2. The molecule has 0 saturated heterocycles. The highest BCUT2D eigenvalue weighted by Gasteiger charge is 2.16. The number of nitrogens with one attached hydrogen (secondary N) is 1. The molecule has 0 bridgehead atoms. The number of halogens is 1. The lowest BCUT2D eigenvalue weighted by molar-refractivity contribution is 0.0734. The Bertz CT molecular complexity index is 1350. The van der Waals surface area contributed by atoms with Crippen LogP contribution in [0.5, 0.6) is 5.75 Å². The van der Waals surface area contributed by atoms with E-state index in [9.17, 15) is 9.59 Å². The number of aryl methyl sites for hydroxylation is 1. The molecule has 1 amide bonds. The van der Waals surface area contributed by atoms with Crippen molar-refractivity contribution in [2.24, 2.45) is 5.10 Å². The molecule has 0 aliphatic heterocycles. The fourth-order valence-electron chi connectivity index (χ4n) is 3.32. The van der Waals surface area contributed by atoms with Gasteiger partial charge in [-0.2, -0.15) is 5.10 Å². The van der Waals surface area contributed by atoms with Crippen LogP contribution in [0.25, 0.3) is 10.8 Å². The minimum atomic E-state index is -0.579. The number of hydrazone groups is 1. The van der Waals surface area contributed by atoms with Gasteiger partial charge in [-0.3, -0.25) is 4.79 Å². The minimum Gasteiger partial charge on any atom is -0.422 e. The molecule has 0 unspecified atom stereocenters. The number of benzene rings is 4. The summed E-state index contributed by atoms with van der Waals surface area (Å²) >= 11 is 6.13. The predicted molar refractivity (Wildman–Crippen MR) is 127 cm³/mol. The van der Waals surface area contributed by atoms with Gasteiger partial charge in [0.1, 0.15) is 5.75 Å². The molecule has 0 aliphatic carbocycles. The first-order valence-electron chi connectivity index (χ1n) is 9.92. The van der Waals surface area contributed by atoms with E-state index in [2.05, 4.69) is 10.5 Å². The topological polar surface area (TPSA) is 67.8 Å². The lowest BCUT2D eigenvalue weighted by atomic mass is 10.0. The smallest absolute Gasteiger partial charge is 0.345 e. The number of hydrogen-bond donors (Lipinski definition) is 1. The number of nitrogens with zero attached hydrogens (tertiary/aromatic N) is 1. The molecule has 0 saturated carbocycles. The zero-order valence-electron chi connectivity index (χ0n) is 17.2. The molecule has 0 atom stereocenters. The Morgan fingerprint density at radius 3 is 2.34 bits per heavy atom. The number of carbonyl (C=O) groups excluding carboxylic acids is 2. The molecular formula is C26H19ClN2O3. The predicted octanol–water partition coefficient (Wildman–Crippen LogP) is 5.78. The van der Waals surface area contributed by atoms with E-state index in [4.69, 9.17) is 16.3 Å². The van der Waals surface area contributed by atoms with E-state index in [1.165, 1.54) is 6.21 Å². The lowest BCUT2D eigenvalue weighted by Crippen LogP contribution is -2.18. The molecule has 158 valence electrons. The van der Waals surface area contributed by atoms with Crippen LogP contribution in [-0.2, 0) is 0 Å². The van der Waals surface area contributed by atoms with Crippen LogP contribution in [0.1, 0.15) is 31.8 Å². The average Bonchev–Trinajstić information content (AvgIpc) is 2.80. The van der Waals surface area contributed by atoms with E-state index >= 15 is 0 Å². The Balaban J connectivity index is 1.65. The second-order valence-corrected chi connectivity index (χ2v) is 7.49. The zero-order chi connectivity index (χ0) is 22.5. The monoisotopic (exact) mass is 442 g/mol. The standard InChI is InChI=1S/C26H19ClN2O3/c1-17-8-2-4-10-19(17)25(30)29-28-16-22-20-11-5-3-9-18(20)14-15-24(22)32-26(31)21-12-6-7-13-23(21)27/h2-16H,1H3,(H,29,30)/b28-16-. The van der Waals surface area contributed by atoms with E-state index < -0.39 is 5.97 Å². The Morgan fingerprint density at radius 2 is 1.56 bits per heavy atom. The number of carbonyl (C=O) groups is 2. The van der Waals surface area contributed by atoms with Gasteiger partial charge in [0.25, 0.3) is 5.91 Å². The van der Waals surface area contributed by atoms with Gasteiger partial charge >= 0.3 is 5.97 Å². The molecular weight excluding hydrogens is 424 g/mol. The maximum absolute atomic E-state index is 12.7. The highest BCUT2D eigenvalue weighted by atomic mass is 35.5. The summed E-state index contributed by atoms with van der Waals surface area (Å²) in [5.74, 6) is -0.596. The average molecular weight is 443 g/mol. The number of rotatable bonds is 5. The van der Waals surface area contributed by atoms with Crippen molar-refractivity contribution < 1.29 is 14.3 Å². The highest BCUT2D eigenvalue weighted by Crippen LogP contribution is 2.28. The SMILES string of the molecule is Cc1ccccc1C(=O)N/N=C\c1c(OC(=O)c2ccccc2Cl)ccc2ccccc12. The van der Waals surface area contributed by atoms with Gasteiger partial charge in [0, 0.05) is 11.1 Å². The van der Waals surface area contributed by atoms with Gasteiger partial charge in [0.15, 0.2) is 0 Å². The van der Waals surface area contributed by atoms with Crippen molar-refractivity contribution in [3.05, 3.63) is 112 Å². The highest BCUT2D eigenvalue weighted by molar-refractivity contribution is 6.33. The number of amides is 1. The normalized spacial score (nSPS) is 10.9. The van der Waals surface area contributed by atoms with Crippen LogP contribution < -0.4 is 10.2 Å². The summed E-state index contributed by atoms with van der Waals surface area (Å²) < 4.78 is 5.65. The van der Waals surface area contributed by atoms with Crippen molar-refractivity contribution in [3.63, 3.8) is 0 Å². The first-order chi connectivity index (χ1) is 15.5. The van der Waals surface area contributed by atoms with Gasteiger partial charge in [0.2, 0.25) is 0 Å². The van der Waals surface area contributed by atoms with Crippen molar-refractivity contribution in [1.82, 2.24) is 5.43 Å². The summed E-state index contributed by atoms with van der Waals surface area (Å²) in [7, 11) is 0. The molecule has 0 aliphatic rings. The Hall–Kier alpha value is -3.96. The van der Waals surface area contributed by atoms with E-state index in [1.54, 1.807) is 42.5 Å². The van der Waals surface area contributed by atoms with E-state index in [0.29, 0.717) is 21.9 Å². The van der Waals surface area contributed by atoms with E-state index in [-0.39, 0.29) is 11.5 Å². The van der Waals surface area contributed by atoms with Crippen molar-refractivity contribution in [1.29, 1.82) is 0 Å². The number of fused-ring (bicyclic) bond motifs is 1. The quantitative estimate of drug-likeness (QED) is 0.184. The van der Waals surface area contributed by atoms with Crippen molar-refractivity contribution in [2.75, 3.05) is 0 Å². The molecule has 0 fully saturated rings. The third kappa shape index (κ3) is 4.53. The fourth-order valence-corrected chi connectivity index (χ4v) is 3.54. The van der Waals surface area contributed by atoms with E-state index in [0.717, 1.165) is 16.3 Å². The third-order valence-corrected chi connectivity index (χ3v) is 5.31. The second kappa shape index (κ2) is 9.45. The van der Waals surface area contributed by atoms with Crippen LogP contribution in [-0.4, -0.2) is 18.1 Å². The molecule has 4 rings (SSSR count). The first kappa shape index (κ1) is 21.3. The van der Waals surface area contributed by atoms with Gasteiger partial charge in [-0.1, -0.05) is 72.3 Å². The summed E-state index contributed by atoms with van der Waals surface area (Å²) in [6.07, 6.45) is 1.48. The van der Waals surface area contributed by atoms with Crippen LogP contribution >= 0.6 is 11.6 Å². The fraction of sp³-hybridized carbons (Fsp3) is 0.0385. The van der Waals surface area contributed by atoms with Crippen molar-refractivity contribution in [3.8, 4) is 5.75 Å². The molecule has 32 heavy (non-hydrogen) atoms. The molecule has 1 N–H and O–H groups in total. The summed E-state index contributed by atoms with van der Waals surface area (Å²) in [5.41, 5.74) is 4.75. The molecule has 0 heterocycles. The largest absolute Gasteiger partial charge is 0.422 e. The van der Waals surface area contributed by atoms with Gasteiger partial charge in [-0.15, -0.1) is 0 Å². The van der Waals surface area contributed by atoms with Crippen LogP contribution in [0.2, 0.25) is 5.02 Å². The molecule has 0 aromatic heterocycles. The number of esters is 1. The summed E-state index contributed by atoms with van der Waals surface area (Å²) in [5, 5.41) is 6.20. The van der Waals surface area contributed by atoms with Crippen LogP contribution in [0, 0.1) is 6.92 Å². The Kier molecular flexibility index (Phi) is 6.29. The molecule has 6 heteroatoms. The van der Waals surface area contributed by atoms with Crippen LogP contribution in [0.4, 0.5) is 0 Å². The van der Waals surface area contributed by atoms with Crippen molar-refractivity contribution >= 4 is 40.5 Å². The Labute approximate surface area is 190 Å². The van der Waals surface area contributed by atoms with Gasteiger partial charge in [-0.25, -0.2) is 10.2 Å². The molecule has 5 nitrogen and oxygen atoms in total. The van der Waals surface area contributed by atoms with Gasteiger partial charge in [-0.05, 0) is 47.5 Å². The first-order valence-corrected chi connectivity index (χ1v) is 10.3. The number of ether oxygens (including phenoxy) is 1. The minimum absolute atomic E-state index is 0.262. The summed E-state index contributed by atoms with van der Waals surface area (Å²) in [6.45, 7) is 1.86.